The lowest BCUT2D eigenvalue weighted by Crippen LogP contribution is -2.47. The van der Waals surface area contributed by atoms with E-state index < -0.39 is 6.09 Å². The number of benzene rings is 1. The topological polar surface area (TPSA) is 93.0 Å². The van der Waals surface area contributed by atoms with E-state index in [1.165, 1.54) is 6.08 Å². The van der Waals surface area contributed by atoms with Crippen LogP contribution in [0.25, 0.3) is 0 Å². The minimum atomic E-state index is -0.591. The summed E-state index contributed by atoms with van der Waals surface area (Å²) in [7, 11) is 1.69. The third-order valence-corrected chi connectivity index (χ3v) is 4.51. The fraction of sp³-hybridized carbons (Fsp3) is 0.300. The van der Waals surface area contributed by atoms with Crippen LogP contribution in [-0.2, 0) is 4.74 Å². The van der Waals surface area contributed by atoms with E-state index in [-0.39, 0.29) is 12.4 Å². The van der Waals surface area contributed by atoms with Crippen LogP contribution < -0.4 is 25.6 Å². The van der Waals surface area contributed by atoms with E-state index in [0.717, 1.165) is 43.4 Å². The second-order valence-electron chi connectivity index (χ2n) is 6.26. The maximum absolute atomic E-state index is 11.6. The number of hydrogen-bond acceptors (Lipinski definition) is 7. The van der Waals surface area contributed by atoms with E-state index >= 15 is 0 Å². The quantitative estimate of drug-likeness (QED) is 0.741. The number of rotatable bonds is 6. The van der Waals surface area contributed by atoms with E-state index in [4.69, 9.17) is 15.2 Å². The van der Waals surface area contributed by atoms with Crippen LogP contribution in [0.5, 0.6) is 5.75 Å². The standard InChI is InChI=1S/C20H25N5O3/c1-3-14-28-20(26)22-15-8-9-18(23-19(15)21)25-12-10-24(11-13-25)16-6-4-5-7-17(16)27-2/h3-9H,1,10-14H2,2H3,(H2,21,23)(H,22,26). The van der Waals surface area contributed by atoms with Gasteiger partial charge in [0.1, 0.15) is 24.0 Å². The molecule has 1 fully saturated rings. The number of carbonyl (C=O) groups excluding carboxylic acids is 1. The summed E-state index contributed by atoms with van der Waals surface area (Å²) in [6, 6.07) is 11.6. The van der Waals surface area contributed by atoms with Gasteiger partial charge < -0.3 is 25.0 Å². The Bertz CT molecular complexity index is 834. The lowest BCUT2D eigenvalue weighted by atomic mass is 10.2. The minimum absolute atomic E-state index is 0.133. The van der Waals surface area contributed by atoms with Gasteiger partial charge in [0, 0.05) is 26.2 Å². The smallest absolute Gasteiger partial charge is 0.412 e. The first-order valence-electron chi connectivity index (χ1n) is 9.06. The highest BCUT2D eigenvalue weighted by atomic mass is 16.5. The zero-order valence-electron chi connectivity index (χ0n) is 15.9. The Kier molecular flexibility index (Phi) is 6.21. The molecule has 0 unspecified atom stereocenters. The van der Waals surface area contributed by atoms with Crippen molar-refractivity contribution in [2.75, 3.05) is 60.7 Å². The van der Waals surface area contributed by atoms with E-state index in [1.54, 1.807) is 13.2 Å². The van der Waals surface area contributed by atoms with E-state index in [2.05, 4.69) is 32.7 Å². The molecular formula is C20H25N5O3. The van der Waals surface area contributed by atoms with Crippen LogP contribution in [0.2, 0.25) is 0 Å². The van der Waals surface area contributed by atoms with Crippen molar-refractivity contribution in [2.45, 2.75) is 0 Å². The molecular weight excluding hydrogens is 358 g/mol. The highest BCUT2D eigenvalue weighted by Crippen LogP contribution is 2.29. The molecule has 2 heterocycles. The lowest BCUT2D eigenvalue weighted by molar-refractivity contribution is 0.174. The number of carbonyl (C=O) groups is 1. The van der Waals surface area contributed by atoms with Gasteiger partial charge in [-0.25, -0.2) is 9.78 Å². The van der Waals surface area contributed by atoms with Gasteiger partial charge in [0.15, 0.2) is 0 Å². The van der Waals surface area contributed by atoms with Crippen molar-refractivity contribution >= 4 is 29.1 Å². The lowest BCUT2D eigenvalue weighted by Gasteiger charge is -2.37. The molecule has 1 aliphatic rings. The predicted molar refractivity (Wildman–Crippen MR) is 111 cm³/mol. The number of nitrogens with two attached hydrogens (primary N) is 1. The number of anilines is 4. The first-order chi connectivity index (χ1) is 13.6. The molecule has 1 aliphatic heterocycles. The Morgan fingerprint density at radius 1 is 1.21 bits per heavy atom. The first-order valence-corrected chi connectivity index (χ1v) is 9.06. The third kappa shape index (κ3) is 4.46. The summed E-state index contributed by atoms with van der Waals surface area (Å²) in [5.41, 5.74) is 7.52. The third-order valence-electron chi connectivity index (χ3n) is 4.51. The molecule has 0 bridgehead atoms. The minimum Gasteiger partial charge on any atom is -0.495 e. The number of amides is 1. The van der Waals surface area contributed by atoms with Crippen molar-refractivity contribution in [2.24, 2.45) is 0 Å². The van der Waals surface area contributed by atoms with Gasteiger partial charge in [0.2, 0.25) is 0 Å². The van der Waals surface area contributed by atoms with Crippen LogP contribution in [0.15, 0.2) is 49.1 Å². The fourth-order valence-electron chi connectivity index (χ4n) is 3.09. The van der Waals surface area contributed by atoms with Gasteiger partial charge in [-0.3, -0.25) is 5.32 Å². The number of piperazine rings is 1. The van der Waals surface area contributed by atoms with Crippen molar-refractivity contribution in [1.82, 2.24) is 4.98 Å². The van der Waals surface area contributed by atoms with Gasteiger partial charge in [-0.1, -0.05) is 24.8 Å². The second-order valence-corrected chi connectivity index (χ2v) is 6.26. The summed E-state index contributed by atoms with van der Waals surface area (Å²) in [6.07, 6.45) is 0.904. The first kappa shape index (κ1) is 19.3. The number of para-hydroxylation sites is 2. The van der Waals surface area contributed by atoms with Crippen LogP contribution in [-0.4, -0.2) is 51.0 Å². The van der Waals surface area contributed by atoms with Gasteiger partial charge in [0.05, 0.1) is 18.5 Å². The second kappa shape index (κ2) is 8.98. The molecule has 1 amide bonds. The monoisotopic (exact) mass is 383 g/mol. The number of pyridine rings is 1. The maximum atomic E-state index is 11.6. The number of nitrogen functional groups attached to an aromatic ring is 1. The molecule has 0 spiro atoms. The van der Waals surface area contributed by atoms with Gasteiger partial charge in [0.25, 0.3) is 0 Å². The zero-order chi connectivity index (χ0) is 19.9. The highest BCUT2D eigenvalue weighted by molar-refractivity contribution is 5.88. The average molecular weight is 383 g/mol. The number of hydrogen-bond donors (Lipinski definition) is 2. The van der Waals surface area contributed by atoms with Gasteiger partial charge in [-0.2, -0.15) is 0 Å². The summed E-state index contributed by atoms with van der Waals surface area (Å²) in [6.45, 7) is 6.92. The SMILES string of the molecule is C=CCOC(=O)Nc1ccc(N2CCN(c3ccccc3OC)CC2)nc1N. The molecule has 0 saturated carbocycles. The van der Waals surface area contributed by atoms with E-state index in [0.29, 0.717) is 5.69 Å². The molecule has 1 aromatic heterocycles. The number of ether oxygens (including phenoxy) is 2. The summed E-state index contributed by atoms with van der Waals surface area (Å²) in [4.78, 5) is 20.5. The fourth-order valence-corrected chi connectivity index (χ4v) is 3.09. The number of nitrogens with one attached hydrogen (secondary N) is 1. The Hall–Kier alpha value is -3.42. The molecule has 3 rings (SSSR count). The number of nitrogens with zero attached hydrogens (tertiary/aromatic N) is 3. The van der Waals surface area contributed by atoms with Gasteiger partial charge >= 0.3 is 6.09 Å². The van der Waals surface area contributed by atoms with Crippen LogP contribution in [0.1, 0.15) is 0 Å². The van der Waals surface area contributed by atoms with Crippen molar-refractivity contribution < 1.29 is 14.3 Å². The van der Waals surface area contributed by atoms with Crippen LogP contribution in [0.4, 0.5) is 27.8 Å². The average Bonchev–Trinajstić information content (AvgIpc) is 2.73. The molecule has 8 heteroatoms. The zero-order valence-corrected chi connectivity index (χ0v) is 15.9. The molecule has 148 valence electrons. The van der Waals surface area contributed by atoms with Crippen LogP contribution in [0, 0.1) is 0 Å². The molecule has 1 saturated heterocycles. The van der Waals surface area contributed by atoms with Crippen molar-refractivity contribution in [3.8, 4) is 5.75 Å². The maximum Gasteiger partial charge on any atom is 0.412 e. The van der Waals surface area contributed by atoms with Crippen molar-refractivity contribution in [1.29, 1.82) is 0 Å². The Balaban J connectivity index is 1.62. The highest BCUT2D eigenvalue weighted by Gasteiger charge is 2.21. The molecule has 1 aromatic carbocycles. The molecule has 2 aromatic rings. The largest absolute Gasteiger partial charge is 0.495 e. The molecule has 0 aliphatic carbocycles. The summed E-state index contributed by atoms with van der Waals surface area (Å²) >= 11 is 0. The normalized spacial score (nSPS) is 13.8. The molecule has 3 N–H and O–H groups in total. The van der Waals surface area contributed by atoms with E-state index in [9.17, 15) is 4.79 Å². The number of methoxy groups -OCH3 is 1. The summed E-state index contributed by atoms with van der Waals surface area (Å²) in [5, 5.41) is 2.58. The van der Waals surface area contributed by atoms with Crippen molar-refractivity contribution in [3.05, 3.63) is 49.1 Å². The Labute approximate surface area is 164 Å². The molecule has 28 heavy (non-hydrogen) atoms. The molecule has 0 radical (unpaired) electrons. The predicted octanol–water partition coefficient (Wildman–Crippen LogP) is 2.73. The Morgan fingerprint density at radius 3 is 2.61 bits per heavy atom. The molecule has 8 nitrogen and oxygen atoms in total. The van der Waals surface area contributed by atoms with E-state index in [1.807, 2.05) is 24.3 Å². The molecule has 0 atom stereocenters. The van der Waals surface area contributed by atoms with Crippen LogP contribution in [0.3, 0.4) is 0 Å². The Morgan fingerprint density at radius 2 is 1.93 bits per heavy atom. The van der Waals surface area contributed by atoms with Crippen molar-refractivity contribution in [3.63, 3.8) is 0 Å². The van der Waals surface area contributed by atoms with Gasteiger partial charge in [-0.15, -0.1) is 0 Å². The summed E-state index contributed by atoms with van der Waals surface area (Å²) in [5.74, 6) is 1.90. The number of aromatic nitrogens is 1. The van der Waals surface area contributed by atoms with Gasteiger partial charge in [-0.05, 0) is 24.3 Å². The summed E-state index contributed by atoms with van der Waals surface area (Å²) < 4.78 is 10.4. The van der Waals surface area contributed by atoms with Crippen LogP contribution >= 0.6 is 0 Å².